The predicted octanol–water partition coefficient (Wildman–Crippen LogP) is 2.90. The largest absolute Gasteiger partial charge is 0.318 e. The molecule has 0 atom stereocenters. The summed E-state index contributed by atoms with van der Waals surface area (Å²) in [4.78, 5) is 34.0. The van der Waals surface area contributed by atoms with E-state index in [1.54, 1.807) is 36.7 Å². The molecule has 0 unspecified atom stereocenters. The van der Waals surface area contributed by atoms with E-state index in [-0.39, 0.29) is 17.3 Å². The van der Waals surface area contributed by atoms with Crippen molar-refractivity contribution in [1.82, 2.24) is 19.7 Å². The first-order chi connectivity index (χ1) is 12.5. The lowest BCUT2D eigenvalue weighted by Gasteiger charge is -2.13. The zero-order valence-corrected chi connectivity index (χ0v) is 14.6. The third kappa shape index (κ3) is 2.96. The maximum atomic E-state index is 12.8. The van der Waals surface area contributed by atoms with Crippen LogP contribution in [-0.2, 0) is 0 Å². The number of hydrogen-bond donors (Lipinski definition) is 1. The zero-order chi connectivity index (χ0) is 18.3. The fourth-order valence-electron chi connectivity index (χ4n) is 2.87. The van der Waals surface area contributed by atoms with E-state index >= 15 is 0 Å². The first-order valence-corrected chi connectivity index (χ1v) is 8.69. The van der Waals surface area contributed by atoms with Gasteiger partial charge in [-0.05, 0) is 32.8 Å². The molecule has 2 heterocycles. The molecule has 7 heteroatoms. The van der Waals surface area contributed by atoms with Crippen LogP contribution < -0.4 is 10.9 Å². The van der Waals surface area contributed by atoms with Crippen LogP contribution >= 0.6 is 0 Å². The van der Waals surface area contributed by atoms with Crippen molar-refractivity contribution in [1.29, 1.82) is 0 Å². The van der Waals surface area contributed by atoms with Gasteiger partial charge >= 0.3 is 0 Å². The van der Waals surface area contributed by atoms with Gasteiger partial charge in [0.15, 0.2) is 5.69 Å². The SMILES string of the molecule is CC(C)n1nc(C(=O)Nc2cnc(C3CC3)nc2)c2ccccc2c1=O. The van der Waals surface area contributed by atoms with Crippen LogP contribution in [0, 0.1) is 0 Å². The van der Waals surface area contributed by atoms with Gasteiger partial charge in [0.2, 0.25) is 0 Å². The van der Waals surface area contributed by atoms with Gasteiger partial charge in [-0.2, -0.15) is 5.10 Å². The molecule has 2 aromatic heterocycles. The van der Waals surface area contributed by atoms with Gasteiger partial charge in [0.1, 0.15) is 5.82 Å². The second kappa shape index (κ2) is 6.33. The van der Waals surface area contributed by atoms with Gasteiger partial charge in [0.25, 0.3) is 11.5 Å². The Hall–Kier alpha value is -3.09. The van der Waals surface area contributed by atoms with Crippen LogP contribution in [0.1, 0.15) is 55.0 Å². The molecule has 4 rings (SSSR count). The quantitative estimate of drug-likeness (QED) is 0.782. The minimum absolute atomic E-state index is 0.153. The summed E-state index contributed by atoms with van der Waals surface area (Å²) in [6.07, 6.45) is 5.47. The molecule has 0 bridgehead atoms. The van der Waals surface area contributed by atoms with Crippen LogP contribution in [0.15, 0.2) is 41.5 Å². The van der Waals surface area contributed by atoms with Crippen LogP contribution in [0.5, 0.6) is 0 Å². The molecule has 1 N–H and O–H groups in total. The van der Waals surface area contributed by atoms with Crippen LogP contribution in [0.2, 0.25) is 0 Å². The summed E-state index contributed by atoms with van der Waals surface area (Å²) in [6.45, 7) is 3.71. The second-order valence-corrected chi connectivity index (χ2v) is 6.80. The number of hydrogen-bond acceptors (Lipinski definition) is 5. The Labute approximate surface area is 150 Å². The highest BCUT2D eigenvalue weighted by molar-refractivity contribution is 6.10. The lowest BCUT2D eigenvalue weighted by Crippen LogP contribution is -2.29. The maximum Gasteiger partial charge on any atom is 0.276 e. The van der Waals surface area contributed by atoms with Crippen molar-refractivity contribution in [2.45, 2.75) is 38.6 Å². The van der Waals surface area contributed by atoms with E-state index in [1.807, 2.05) is 13.8 Å². The fraction of sp³-hybridized carbons (Fsp3) is 0.316. The highest BCUT2D eigenvalue weighted by atomic mass is 16.2. The molecule has 0 radical (unpaired) electrons. The lowest BCUT2D eigenvalue weighted by molar-refractivity contribution is 0.102. The summed E-state index contributed by atoms with van der Waals surface area (Å²) >= 11 is 0. The maximum absolute atomic E-state index is 12.8. The Morgan fingerprint density at radius 1 is 1.15 bits per heavy atom. The monoisotopic (exact) mass is 349 g/mol. The molecule has 1 aliphatic rings. The highest BCUT2D eigenvalue weighted by Crippen LogP contribution is 2.37. The molecule has 7 nitrogen and oxygen atoms in total. The standard InChI is InChI=1S/C19H19N5O2/c1-11(2)24-19(26)15-6-4-3-5-14(15)16(23-24)18(25)22-13-9-20-17(21-10-13)12-7-8-12/h3-6,9-12H,7-8H2,1-2H3,(H,22,25). The van der Waals surface area contributed by atoms with Crippen LogP contribution in [0.3, 0.4) is 0 Å². The van der Waals surface area contributed by atoms with E-state index in [1.165, 1.54) is 4.68 Å². The lowest BCUT2D eigenvalue weighted by atomic mass is 10.1. The van der Waals surface area contributed by atoms with Crippen molar-refractivity contribution in [3.05, 3.63) is 58.5 Å². The number of nitrogens with one attached hydrogen (secondary N) is 1. The third-order valence-corrected chi connectivity index (χ3v) is 4.40. The van der Waals surface area contributed by atoms with Gasteiger partial charge in [-0.3, -0.25) is 9.59 Å². The molecule has 3 aromatic rings. The Balaban J connectivity index is 1.71. The van der Waals surface area contributed by atoms with Crippen molar-refractivity contribution in [3.63, 3.8) is 0 Å². The average molecular weight is 349 g/mol. The molecule has 1 amide bonds. The molecule has 1 saturated carbocycles. The molecule has 0 saturated heterocycles. The van der Waals surface area contributed by atoms with E-state index in [0.717, 1.165) is 18.7 Å². The van der Waals surface area contributed by atoms with Crippen molar-refractivity contribution in [3.8, 4) is 0 Å². The Morgan fingerprint density at radius 3 is 2.42 bits per heavy atom. The molecular formula is C19H19N5O2. The predicted molar refractivity (Wildman–Crippen MR) is 98.3 cm³/mol. The molecule has 0 spiro atoms. The number of fused-ring (bicyclic) bond motifs is 1. The Bertz CT molecular complexity index is 1040. The Morgan fingerprint density at radius 2 is 1.81 bits per heavy atom. The smallest absolute Gasteiger partial charge is 0.276 e. The first-order valence-electron chi connectivity index (χ1n) is 8.69. The average Bonchev–Trinajstić information content (AvgIpc) is 3.47. The van der Waals surface area contributed by atoms with Crippen molar-refractivity contribution < 1.29 is 4.79 Å². The van der Waals surface area contributed by atoms with Crippen LogP contribution in [-0.4, -0.2) is 25.7 Å². The summed E-state index contributed by atoms with van der Waals surface area (Å²) in [5, 5.41) is 8.09. The number of benzene rings is 1. The second-order valence-electron chi connectivity index (χ2n) is 6.80. The number of rotatable bonds is 4. The minimum atomic E-state index is -0.390. The fourth-order valence-corrected chi connectivity index (χ4v) is 2.87. The zero-order valence-electron chi connectivity index (χ0n) is 14.6. The van der Waals surface area contributed by atoms with Crippen molar-refractivity contribution in [2.75, 3.05) is 5.32 Å². The van der Waals surface area contributed by atoms with Gasteiger partial charge in [-0.1, -0.05) is 18.2 Å². The normalized spacial score (nSPS) is 14.0. The van der Waals surface area contributed by atoms with Gasteiger partial charge < -0.3 is 5.32 Å². The Kier molecular flexibility index (Phi) is 3.99. The van der Waals surface area contributed by atoms with E-state index in [9.17, 15) is 9.59 Å². The minimum Gasteiger partial charge on any atom is -0.318 e. The molecule has 1 aliphatic carbocycles. The summed E-state index contributed by atoms with van der Waals surface area (Å²) in [5.41, 5.74) is 0.511. The van der Waals surface area contributed by atoms with Gasteiger partial charge in [-0.25, -0.2) is 14.6 Å². The molecule has 0 aliphatic heterocycles. The number of carbonyl (C=O) groups is 1. The topological polar surface area (TPSA) is 89.8 Å². The molecule has 1 aromatic carbocycles. The highest BCUT2D eigenvalue weighted by Gasteiger charge is 2.26. The molecule has 1 fully saturated rings. The van der Waals surface area contributed by atoms with Crippen LogP contribution in [0.25, 0.3) is 10.8 Å². The summed E-state index contributed by atoms with van der Waals surface area (Å²) in [6, 6.07) is 6.85. The van der Waals surface area contributed by atoms with Gasteiger partial charge in [0, 0.05) is 11.3 Å². The molecule has 26 heavy (non-hydrogen) atoms. The van der Waals surface area contributed by atoms with E-state index < -0.39 is 5.91 Å². The van der Waals surface area contributed by atoms with Crippen LogP contribution in [0.4, 0.5) is 5.69 Å². The van der Waals surface area contributed by atoms with Crippen molar-refractivity contribution >= 4 is 22.4 Å². The van der Waals surface area contributed by atoms with E-state index in [0.29, 0.717) is 22.4 Å². The summed E-state index contributed by atoms with van der Waals surface area (Å²) < 4.78 is 1.34. The summed E-state index contributed by atoms with van der Waals surface area (Å²) in [5.74, 6) is 0.887. The molecular weight excluding hydrogens is 330 g/mol. The number of carbonyl (C=O) groups excluding carboxylic acids is 1. The molecule has 132 valence electrons. The first kappa shape index (κ1) is 16.4. The number of anilines is 1. The van der Waals surface area contributed by atoms with Gasteiger partial charge in [0.05, 0.1) is 29.5 Å². The summed E-state index contributed by atoms with van der Waals surface area (Å²) in [7, 11) is 0. The van der Waals surface area contributed by atoms with Crippen molar-refractivity contribution in [2.24, 2.45) is 0 Å². The number of nitrogens with zero attached hydrogens (tertiary/aromatic N) is 4. The number of aromatic nitrogens is 4. The number of amides is 1. The van der Waals surface area contributed by atoms with E-state index in [2.05, 4.69) is 20.4 Å². The van der Waals surface area contributed by atoms with Gasteiger partial charge in [-0.15, -0.1) is 0 Å². The third-order valence-electron chi connectivity index (χ3n) is 4.40. The van der Waals surface area contributed by atoms with E-state index in [4.69, 9.17) is 0 Å².